The first-order chi connectivity index (χ1) is 15.4. The Labute approximate surface area is 182 Å². The van der Waals surface area contributed by atoms with Crippen LogP contribution in [0.2, 0.25) is 0 Å². The van der Waals surface area contributed by atoms with Crippen LogP contribution in [0.5, 0.6) is 0 Å². The molecule has 168 valence electrons. The molecule has 0 unspecified atom stereocenters. The molecule has 0 aliphatic rings. The molecule has 0 radical (unpaired) electrons. The molecule has 0 atom stereocenters. The van der Waals surface area contributed by atoms with Crippen molar-refractivity contribution in [2.24, 2.45) is 0 Å². The number of ether oxygens (including phenoxy) is 2. The van der Waals surface area contributed by atoms with Gasteiger partial charge in [0.1, 0.15) is 5.82 Å². The Kier molecular flexibility index (Phi) is 7.48. The number of hydrogen-bond acceptors (Lipinski definition) is 8. The van der Waals surface area contributed by atoms with Crippen LogP contribution < -0.4 is 5.32 Å². The van der Waals surface area contributed by atoms with E-state index in [1.807, 2.05) is 0 Å². The van der Waals surface area contributed by atoms with Crippen molar-refractivity contribution < 1.29 is 32.8 Å². The normalized spacial score (nSPS) is 10.7. The molecule has 1 amide bonds. The molecular weight excluding hydrogens is 421 g/mol. The van der Waals surface area contributed by atoms with Gasteiger partial charge in [0.25, 0.3) is 11.6 Å². The fourth-order valence-corrected chi connectivity index (χ4v) is 2.98. The fraction of sp³-hybridized carbons (Fsp3) is 0.318. The van der Waals surface area contributed by atoms with Crippen LogP contribution in [0, 0.1) is 12.7 Å². The molecular formula is C22H22FN3O6. The smallest absolute Gasteiger partial charge is 0.339 e. The second-order valence-electron chi connectivity index (χ2n) is 6.84. The van der Waals surface area contributed by atoms with E-state index in [0.717, 1.165) is 0 Å². The van der Waals surface area contributed by atoms with Gasteiger partial charge in [-0.05, 0) is 50.6 Å². The zero-order valence-electron chi connectivity index (χ0n) is 17.6. The summed E-state index contributed by atoms with van der Waals surface area (Å²) in [6, 6.07) is 7.07. The van der Waals surface area contributed by atoms with Crippen molar-refractivity contribution in [3.05, 3.63) is 47.4 Å². The molecule has 0 fully saturated rings. The van der Waals surface area contributed by atoms with Crippen molar-refractivity contribution in [3.8, 4) is 11.3 Å². The highest BCUT2D eigenvalue weighted by molar-refractivity contribution is 6.04. The van der Waals surface area contributed by atoms with Gasteiger partial charge in [-0.25, -0.2) is 14.2 Å². The Morgan fingerprint density at radius 1 is 1.16 bits per heavy atom. The maximum atomic E-state index is 13.2. The van der Waals surface area contributed by atoms with E-state index < -0.39 is 24.3 Å². The number of halogens is 1. The second-order valence-corrected chi connectivity index (χ2v) is 6.84. The number of nitrogens with one attached hydrogen (secondary N) is 1. The minimum absolute atomic E-state index is 0.125. The van der Waals surface area contributed by atoms with Crippen LogP contribution in [-0.4, -0.2) is 47.7 Å². The van der Waals surface area contributed by atoms with Crippen molar-refractivity contribution >= 4 is 28.9 Å². The van der Waals surface area contributed by atoms with Gasteiger partial charge in [-0.15, -0.1) is 0 Å². The van der Waals surface area contributed by atoms with E-state index in [9.17, 15) is 18.8 Å². The van der Waals surface area contributed by atoms with Crippen molar-refractivity contribution in [2.45, 2.75) is 26.7 Å². The number of amides is 1. The van der Waals surface area contributed by atoms with E-state index >= 15 is 0 Å². The van der Waals surface area contributed by atoms with Crippen LogP contribution in [0.15, 0.2) is 34.9 Å². The number of pyridine rings is 1. The molecule has 1 N–H and O–H groups in total. The van der Waals surface area contributed by atoms with E-state index in [0.29, 0.717) is 35.4 Å². The summed E-state index contributed by atoms with van der Waals surface area (Å²) < 4.78 is 28.4. The van der Waals surface area contributed by atoms with Gasteiger partial charge in [0.2, 0.25) is 0 Å². The first kappa shape index (κ1) is 22.9. The molecule has 10 heteroatoms. The fourth-order valence-electron chi connectivity index (χ4n) is 2.98. The number of carbonyl (C=O) groups excluding carboxylic acids is 3. The third-order valence-electron chi connectivity index (χ3n) is 4.50. The minimum Gasteiger partial charge on any atom is -0.466 e. The molecule has 3 rings (SSSR count). The SMILES string of the molecule is CCOC(=O)CCCNC(=O)COC(=O)c1cc(-c2ccc(F)cc2)nc2onc(C)c12. The number of hydrogen-bond donors (Lipinski definition) is 1. The lowest BCUT2D eigenvalue weighted by atomic mass is 10.1. The van der Waals surface area contributed by atoms with Crippen molar-refractivity contribution in [1.29, 1.82) is 0 Å². The summed E-state index contributed by atoms with van der Waals surface area (Å²) in [4.78, 5) is 40.3. The minimum atomic E-state index is -0.756. The zero-order valence-corrected chi connectivity index (χ0v) is 17.6. The van der Waals surface area contributed by atoms with Gasteiger partial charge >= 0.3 is 11.9 Å². The average Bonchev–Trinajstić information content (AvgIpc) is 3.16. The van der Waals surface area contributed by atoms with Crippen LogP contribution in [0.3, 0.4) is 0 Å². The lowest BCUT2D eigenvalue weighted by Crippen LogP contribution is -2.30. The molecule has 3 aromatic rings. The summed E-state index contributed by atoms with van der Waals surface area (Å²) in [5.74, 6) is -2.00. The zero-order chi connectivity index (χ0) is 23.1. The number of aromatic nitrogens is 2. The first-order valence-corrected chi connectivity index (χ1v) is 10.0. The lowest BCUT2D eigenvalue weighted by Gasteiger charge is -2.09. The molecule has 0 saturated heterocycles. The molecule has 9 nitrogen and oxygen atoms in total. The molecule has 0 spiro atoms. The molecule has 0 saturated carbocycles. The Hall–Kier alpha value is -3.82. The maximum absolute atomic E-state index is 13.2. The van der Waals surface area contributed by atoms with Crippen molar-refractivity contribution in [2.75, 3.05) is 19.8 Å². The van der Waals surface area contributed by atoms with E-state index in [-0.39, 0.29) is 30.2 Å². The van der Waals surface area contributed by atoms with Crippen LogP contribution in [0.25, 0.3) is 22.4 Å². The number of benzene rings is 1. The average molecular weight is 443 g/mol. The summed E-state index contributed by atoms with van der Waals surface area (Å²) in [5, 5.41) is 6.78. The Balaban J connectivity index is 1.66. The topological polar surface area (TPSA) is 121 Å². The molecule has 32 heavy (non-hydrogen) atoms. The summed E-state index contributed by atoms with van der Waals surface area (Å²) >= 11 is 0. The summed E-state index contributed by atoms with van der Waals surface area (Å²) in [7, 11) is 0. The number of nitrogens with zero attached hydrogens (tertiary/aromatic N) is 2. The maximum Gasteiger partial charge on any atom is 0.339 e. The molecule has 0 aliphatic heterocycles. The predicted molar refractivity (Wildman–Crippen MR) is 111 cm³/mol. The highest BCUT2D eigenvalue weighted by Gasteiger charge is 2.21. The summed E-state index contributed by atoms with van der Waals surface area (Å²) in [6.45, 7) is 3.41. The number of aryl methyl sites for hydroxylation is 1. The van der Waals surface area contributed by atoms with Crippen LogP contribution >= 0.6 is 0 Å². The van der Waals surface area contributed by atoms with E-state index in [1.165, 1.54) is 30.3 Å². The number of rotatable bonds is 9. The van der Waals surface area contributed by atoms with Crippen LogP contribution in [0.1, 0.15) is 35.8 Å². The standard InChI is InChI=1S/C22H22FN3O6/c1-3-30-19(28)5-4-10-24-18(27)12-31-22(29)16-11-17(14-6-8-15(23)9-7-14)25-21-20(16)13(2)26-32-21/h6-9,11H,3-5,10,12H2,1-2H3,(H,24,27). The second kappa shape index (κ2) is 10.5. The van der Waals surface area contributed by atoms with E-state index in [1.54, 1.807) is 13.8 Å². The number of esters is 2. The third-order valence-corrected chi connectivity index (χ3v) is 4.50. The van der Waals surface area contributed by atoms with Crippen molar-refractivity contribution in [1.82, 2.24) is 15.5 Å². The third kappa shape index (κ3) is 5.65. The monoisotopic (exact) mass is 443 g/mol. The van der Waals surface area contributed by atoms with E-state index in [2.05, 4.69) is 15.5 Å². The Bertz CT molecular complexity index is 1130. The summed E-state index contributed by atoms with van der Waals surface area (Å²) in [5.41, 5.74) is 1.62. The lowest BCUT2D eigenvalue weighted by molar-refractivity contribution is -0.143. The van der Waals surface area contributed by atoms with Gasteiger partial charge in [0, 0.05) is 18.5 Å². The van der Waals surface area contributed by atoms with Gasteiger partial charge in [0.15, 0.2) is 6.61 Å². The Morgan fingerprint density at radius 2 is 1.91 bits per heavy atom. The Morgan fingerprint density at radius 3 is 2.62 bits per heavy atom. The highest BCUT2D eigenvalue weighted by Crippen LogP contribution is 2.27. The highest BCUT2D eigenvalue weighted by atomic mass is 19.1. The molecule has 2 aromatic heterocycles. The quantitative estimate of drug-likeness (QED) is 0.396. The van der Waals surface area contributed by atoms with Gasteiger partial charge in [-0.2, -0.15) is 0 Å². The predicted octanol–water partition coefficient (Wildman–Crippen LogP) is 2.95. The number of carbonyl (C=O) groups is 3. The molecule has 0 bridgehead atoms. The van der Waals surface area contributed by atoms with Crippen LogP contribution in [-0.2, 0) is 19.1 Å². The number of fused-ring (bicyclic) bond motifs is 1. The van der Waals surface area contributed by atoms with Gasteiger partial charge in [-0.3, -0.25) is 9.59 Å². The van der Waals surface area contributed by atoms with Gasteiger partial charge in [0.05, 0.1) is 28.9 Å². The molecule has 2 heterocycles. The largest absolute Gasteiger partial charge is 0.466 e. The first-order valence-electron chi connectivity index (χ1n) is 10.0. The van der Waals surface area contributed by atoms with Crippen LogP contribution in [0.4, 0.5) is 4.39 Å². The van der Waals surface area contributed by atoms with Gasteiger partial charge < -0.3 is 19.3 Å². The van der Waals surface area contributed by atoms with E-state index in [4.69, 9.17) is 14.0 Å². The molecule has 1 aromatic carbocycles. The van der Waals surface area contributed by atoms with Gasteiger partial charge in [-0.1, -0.05) is 5.16 Å². The molecule has 0 aliphatic carbocycles. The van der Waals surface area contributed by atoms with Crippen molar-refractivity contribution in [3.63, 3.8) is 0 Å². The summed E-state index contributed by atoms with van der Waals surface area (Å²) in [6.07, 6.45) is 0.590.